The predicted octanol–water partition coefficient (Wildman–Crippen LogP) is 3.55. The fourth-order valence-corrected chi connectivity index (χ4v) is 3.49. The van der Waals surface area contributed by atoms with E-state index in [0.29, 0.717) is 0 Å². The monoisotopic (exact) mass is 349 g/mol. The van der Waals surface area contributed by atoms with Gasteiger partial charge in [-0.25, -0.2) is 4.68 Å². The van der Waals surface area contributed by atoms with E-state index >= 15 is 0 Å². The average molecular weight is 349 g/mol. The minimum absolute atomic E-state index is 0.790. The Balaban J connectivity index is 1.77. The van der Waals surface area contributed by atoms with Crippen molar-refractivity contribution in [3.63, 3.8) is 0 Å². The van der Waals surface area contributed by atoms with E-state index in [9.17, 15) is 0 Å². The molecular formula is C20H23N5O. The molecule has 0 bridgehead atoms. The van der Waals surface area contributed by atoms with Crippen molar-refractivity contribution in [2.45, 2.75) is 26.7 Å². The van der Waals surface area contributed by atoms with Gasteiger partial charge in [0.2, 0.25) is 0 Å². The molecule has 0 aliphatic carbocycles. The smallest absolute Gasteiger partial charge is 0.151 e. The third-order valence-corrected chi connectivity index (χ3v) is 4.80. The van der Waals surface area contributed by atoms with Crippen LogP contribution in [0.15, 0.2) is 36.4 Å². The van der Waals surface area contributed by atoms with Crippen molar-refractivity contribution < 1.29 is 4.74 Å². The number of hydrogen-bond acceptors (Lipinski definition) is 5. The summed E-state index contributed by atoms with van der Waals surface area (Å²) in [7, 11) is 1.67. The van der Waals surface area contributed by atoms with Crippen LogP contribution in [0.5, 0.6) is 5.75 Å². The van der Waals surface area contributed by atoms with Crippen molar-refractivity contribution in [3.8, 4) is 22.7 Å². The molecule has 1 aliphatic rings. The number of aryl methyl sites for hydroxylation is 2. The first-order chi connectivity index (χ1) is 12.7. The summed E-state index contributed by atoms with van der Waals surface area (Å²) >= 11 is 0. The lowest BCUT2D eigenvalue weighted by Crippen LogP contribution is -2.19. The average Bonchev–Trinajstić information content (AvgIpc) is 3.31. The number of benzene rings is 1. The van der Waals surface area contributed by atoms with Crippen molar-refractivity contribution >= 4 is 5.82 Å². The molecule has 0 atom stereocenters. The highest BCUT2D eigenvalue weighted by molar-refractivity contribution is 5.71. The highest BCUT2D eigenvalue weighted by Crippen LogP contribution is 2.30. The van der Waals surface area contributed by atoms with Gasteiger partial charge in [-0.1, -0.05) is 0 Å². The van der Waals surface area contributed by atoms with Crippen LogP contribution in [0, 0.1) is 13.8 Å². The highest BCUT2D eigenvalue weighted by atomic mass is 16.5. The third kappa shape index (κ3) is 3.03. The molecule has 0 amide bonds. The minimum Gasteiger partial charge on any atom is -0.497 e. The lowest BCUT2D eigenvalue weighted by Gasteiger charge is -2.16. The van der Waals surface area contributed by atoms with Gasteiger partial charge in [-0.3, -0.25) is 0 Å². The number of anilines is 1. The van der Waals surface area contributed by atoms with Crippen LogP contribution in [-0.4, -0.2) is 40.2 Å². The number of ether oxygens (including phenoxy) is 1. The molecule has 3 heterocycles. The Morgan fingerprint density at radius 3 is 2.38 bits per heavy atom. The Hall–Kier alpha value is -2.89. The second-order valence-corrected chi connectivity index (χ2v) is 6.69. The van der Waals surface area contributed by atoms with Gasteiger partial charge >= 0.3 is 0 Å². The minimum atomic E-state index is 0.790. The van der Waals surface area contributed by atoms with Gasteiger partial charge in [-0.05, 0) is 57.0 Å². The van der Waals surface area contributed by atoms with Crippen LogP contribution in [0.3, 0.4) is 0 Å². The maximum atomic E-state index is 5.42. The van der Waals surface area contributed by atoms with E-state index in [1.54, 1.807) is 7.11 Å². The molecule has 0 radical (unpaired) electrons. The van der Waals surface area contributed by atoms with E-state index in [2.05, 4.69) is 32.3 Å². The quantitative estimate of drug-likeness (QED) is 0.721. The molecule has 1 saturated heterocycles. The van der Waals surface area contributed by atoms with Crippen molar-refractivity contribution in [1.82, 2.24) is 20.0 Å². The third-order valence-electron chi connectivity index (χ3n) is 4.80. The summed E-state index contributed by atoms with van der Waals surface area (Å²) in [6.45, 7) is 6.17. The zero-order chi connectivity index (χ0) is 18.1. The number of hydrogen-bond donors (Lipinski definition) is 0. The van der Waals surface area contributed by atoms with Gasteiger partial charge < -0.3 is 9.64 Å². The molecule has 1 aromatic carbocycles. The van der Waals surface area contributed by atoms with Crippen molar-refractivity contribution in [1.29, 1.82) is 0 Å². The number of methoxy groups -OCH3 is 1. The SMILES string of the molecule is COc1ccc(-c2ccc(N3CCCC3)nn2)c(-n2nc(C)cc2C)c1. The topological polar surface area (TPSA) is 56.1 Å². The summed E-state index contributed by atoms with van der Waals surface area (Å²) < 4.78 is 7.35. The summed E-state index contributed by atoms with van der Waals surface area (Å²) in [5, 5.41) is 13.6. The van der Waals surface area contributed by atoms with E-state index in [1.165, 1.54) is 12.8 Å². The van der Waals surface area contributed by atoms with Crippen LogP contribution >= 0.6 is 0 Å². The van der Waals surface area contributed by atoms with Gasteiger partial charge in [0.05, 0.1) is 24.2 Å². The van der Waals surface area contributed by atoms with Crippen LogP contribution in [0.25, 0.3) is 16.9 Å². The Morgan fingerprint density at radius 1 is 0.962 bits per heavy atom. The molecule has 2 aromatic heterocycles. The van der Waals surface area contributed by atoms with E-state index in [0.717, 1.165) is 53.0 Å². The Labute approximate surface area is 153 Å². The van der Waals surface area contributed by atoms with Crippen LogP contribution in [-0.2, 0) is 0 Å². The molecular weight excluding hydrogens is 326 g/mol. The van der Waals surface area contributed by atoms with Gasteiger partial charge in [0.15, 0.2) is 5.82 Å². The molecule has 0 spiro atoms. The van der Waals surface area contributed by atoms with Crippen LogP contribution in [0.1, 0.15) is 24.2 Å². The fraction of sp³-hybridized carbons (Fsp3) is 0.350. The first-order valence-corrected chi connectivity index (χ1v) is 8.96. The van der Waals surface area contributed by atoms with Crippen LogP contribution in [0.4, 0.5) is 5.82 Å². The molecule has 0 unspecified atom stereocenters. The van der Waals surface area contributed by atoms with Gasteiger partial charge in [-0.15, -0.1) is 10.2 Å². The fourth-order valence-electron chi connectivity index (χ4n) is 3.49. The van der Waals surface area contributed by atoms with Gasteiger partial charge in [0.25, 0.3) is 0 Å². The maximum absolute atomic E-state index is 5.42. The predicted molar refractivity (Wildman–Crippen MR) is 102 cm³/mol. The standard InChI is InChI=1S/C20H23N5O/c1-14-12-15(2)25(23-14)19-13-16(26-3)6-7-17(19)18-8-9-20(22-21-18)24-10-4-5-11-24/h6-9,12-13H,4-5,10-11H2,1-3H3. The molecule has 26 heavy (non-hydrogen) atoms. The molecule has 134 valence electrons. The normalized spacial score (nSPS) is 14.0. The van der Waals surface area contributed by atoms with Crippen LogP contribution in [0.2, 0.25) is 0 Å². The second-order valence-electron chi connectivity index (χ2n) is 6.69. The molecule has 1 fully saturated rings. The Morgan fingerprint density at radius 2 is 1.77 bits per heavy atom. The van der Waals surface area contributed by atoms with E-state index in [4.69, 9.17) is 4.74 Å². The van der Waals surface area contributed by atoms with E-state index < -0.39 is 0 Å². The first-order valence-electron chi connectivity index (χ1n) is 8.96. The molecule has 6 heteroatoms. The highest BCUT2D eigenvalue weighted by Gasteiger charge is 2.16. The first kappa shape index (κ1) is 16.6. The number of aromatic nitrogens is 4. The summed E-state index contributed by atoms with van der Waals surface area (Å²) in [5.41, 5.74) is 4.80. The lowest BCUT2D eigenvalue weighted by atomic mass is 10.1. The van der Waals surface area contributed by atoms with Crippen molar-refractivity contribution in [2.24, 2.45) is 0 Å². The van der Waals surface area contributed by atoms with E-state index in [-0.39, 0.29) is 0 Å². The summed E-state index contributed by atoms with van der Waals surface area (Å²) in [4.78, 5) is 2.28. The summed E-state index contributed by atoms with van der Waals surface area (Å²) in [5.74, 6) is 1.74. The summed E-state index contributed by atoms with van der Waals surface area (Å²) in [6, 6.07) is 12.1. The zero-order valence-corrected chi connectivity index (χ0v) is 15.4. The maximum Gasteiger partial charge on any atom is 0.151 e. The molecule has 0 saturated carbocycles. The van der Waals surface area contributed by atoms with Gasteiger partial charge in [0, 0.05) is 30.4 Å². The Bertz CT molecular complexity index is 910. The van der Waals surface area contributed by atoms with Crippen molar-refractivity contribution in [2.75, 3.05) is 25.1 Å². The summed E-state index contributed by atoms with van der Waals surface area (Å²) in [6.07, 6.45) is 2.45. The van der Waals surface area contributed by atoms with Gasteiger partial charge in [-0.2, -0.15) is 5.10 Å². The largest absolute Gasteiger partial charge is 0.497 e. The van der Waals surface area contributed by atoms with Crippen molar-refractivity contribution in [3.05, 3.63) is 47.8 Å². The molecule has 4 rings (SSSR count). The second kappa shape index (κ2) is 6.78. The van der Waals surface area contributed by atoms with E-state index in [1.807, 2.05) is 42.8 Å². The number of nitrogens with zero attached hydrogens (tertiary/aromatic N) is 5. The zero-order valence-electron chi connectivity index (χ0n) is 15.4. The molecule has 6 nitrogen and oxygen atoms in total. The molecule has 3 aromatic rings. The molecule has 0 N–H and O–H groups in total. The van der Waals surface area contributed by atoms with Crippen LogP contribution < -0.4 is 9.64 Å². The lowest BCUT2D eigenvalue weighted by molar-refractivity contribution is 0.414. The molecule has 1 aliphatic heterocycles. The number of rotatable bonds is 4. The Kier molecular flexibility index (Phi) is 4.32. The van der Waals surface area contributed by atoms with Gasteiger partial charge in [0.1, 0.15) is 5.75 Å².